The van der Waals surface area contributed by atoms with Crippen LogP contribution < -0.4 is 0 Å². The second kappa shape index (κ2) is 7.21. The van der Waals surface area contributed by atoms with Gasteiger partial charge in [-0.25, -0.2) is 4.98 Å². The summed E-state index contributed by atoms with van der Waals surface area (Å²) >= 11 is 0. The minimum Gasteiger partial charge on any atom is -0.469 e. The molecule has 7 heteroatoms. The summed E-state index contributed by atoms with van der Waals surface area (Å²) in [6.07, 6.45) is 5.40. The third-order valence-corrected chi connectivity index (χ3v) is 3.47. The van der Waals surface area contributed by atoms with E-state index in [1.165, 1.54) is 7.11 Å². The van der Waals surface area contributed by atoms with Gasteiger partial charge in [0, 0.05) is 32.9 Å². The zero-order valence-electron chi connectivity index (χ0n) is 12.4. The van der Waals surface area contributed by atoms with E-state index < -0.39 is 0 Å². The fourth-order valence-corrected chi connectivity index (χ4v) is 2.32. The van der Waals surface area contributed by atoms with Gasteiger partial charge in [0.2, 0.25) is 0 Å². The molecule has 0 saturated carbocycles. The van der Waals surface area contributed by atoms with Crippen LogP contribution in [0.2, 0.25) is 0 Å². The van der Waals surface area contributed by atoms with Gasteiger partial charge in [-0.15, -0.1) is 0 Å². The van der Waals surface area contributed by atoms with Crippen LogP contribution in [0, 0.1) is 0 Å². The molecule has 2 rings (SSSR count). The predicted octanol–water partition coefficient (Wildman–Crippen LogP) is 0.604. The molecule has 1 unspecified atom stereocenters. The summed E-state index contributed by atoms with van der Waals surface area (Å²) in [5, 5.41) is 0. The van der Waals surface area contributed by atoms with Crippen LogP contribution in [0.4, 0.5) is 0 Å². The van der Waals surface area contributed by atoms with E-state index >= 15 is 0 Å². The van der Waals surface area contributed by atoms with Crippen LogP contribution in [-0.4, -0.2) is 59.2 Å². The lowest BCUT2D eigenvalue weighted by Crippen LogP contribution is -2.39. The van der Waals surface area contributed by atoms with Crippen molar-refractivity contribution in [1.29, 1.82) is 0 Å². The largest absolute Gasteiger partial charge is 0.469 e. The second-order valence-electron chi connectivity index (χ2n) is 5.14. The number of hydrogen-bond acceptors (Lipinski definition) is 5. The summed E-state index contributed by atoms with van der Waals surface area (Å²) in [5.41, 5.74) is 0.375. The van der Waals surface area contributed by atoms with Gasteiger partial charge in [0.05, 0.1) is 26.0 Å². The number of aromatic nitrogens is 2. The van der Waals surface area contributed by atoms with Crippen molar-refractivity contribution < 1.29 is 19.1 Å². The zero-order chi connectivity index (χ0) is 15.2. The fraction of sp³-hybridized carbons (Fsp3) is 0.643. The molecule has 0 radical (unpaired) electrons. The van der Waals surface area contributed by atoms with E-state index in [9.17, 15) is 9.59 Å². The highest BCUT2D eigenvalue weighted by molar-refractivity contribution is 5.92. The first kappa shape index (κ1) is 15.5. The molecule has 2 heterocycles. The Morgan fingerprint density at radius 1 is 1.57 bits per heavy atom. The topological polar surface area (TPSA) is 73.7 Å². The Labute approximate surface area is 123 Å². The molecule has 1 aliphatic heterocycles. The van der Waals surface area contributed by atoms with E-state index in [1.807, 2.05) is 7.05 Å². The van der Waals surface area contributed by atoms with E-state index in [0.29, 0.717) is 18.8 Å². The number of nitrogens with zero attached hydrogens (tertiary/aromatic N) is 3. The Bertz CT molecular complexity index is 494. The van der Waals surface area contributed by atoms with E-state index in [2.05, 4.69) is 9.72 Å². The fourth-order valence-electron chi connectivity index (χ4n) is 2.32. The number of imidazole rings is 1. The van der Waals surface area contributed by atoms with E-state index in [0.717, 1.165) is 19.4 Å². The molecular formula is C14H21N3O4. The van der Waals surface area contributed by atoms with Crippen molar-refractivity contribution in [1.82, 2.24) is 14.5 Å². The van der Waals surface area contributed by atoms with Gasteiger partial charge in [-0.2, -0.15) is 0 Å². The molecule has 0 aromatic carbocycles. The molecule has 0 spiro atoms. The third-order valence-electron chi connectivity index (χ3n) is 3.47. The number of rotatable bonds is 6. The Balaban J connectivity index is 2.02. The average Bonchev–Trinajstić information content (AvgIpc) is 3.13. The van der Waals surface area contributed by atoms with Crippen LogP contribution in [0.15, 0.2) is 12.5 Å². The highest BCUT2D eigenvalue weighted by atomic mass is 16.5. The normalized spacial score (nSPS) is 17.7. The summed E-state index contributed by atoms with van der Waals surface area (Å²) in [4.78, 5) is 29.5. The van der Waals surface area contributed by atoms with Crippen molar-refractivity contribution in [3.8, 4) is 0 Å². The molecule has 1 aliphatic rings. The quantitative estimate of drug-likeness (QED) is 0.719. The van der Waals surface area contributed by atoms with Crippen molar-refractivity contribution in [2.45, 2.75) is 25.4 Å². The van der Waals surface area contributed by atoms with Gasteiger partial charge in [0.1, 0.15) is 5.69 Å². The van der Waals surface area contributed by atoms with Crippen LogP contribution in [0.3, 0.4) is 0 Å². The molecule has 116 valence electrons. The molecule has 1 aromatic heterocycles. The number of methoxy groups -OCH3 is 1. The Morgan fingerprint density at radius 3 is 2.95 bits per heavy atom. The third kappa shape index (κ3) is 4.29. The van der Waals surface area contributed by atoms with Crippen molar-refractivity contribution in [2.75, 3.05) is 26.8 Å². The summed E-state index contributed by atoms with van der Waals surface area (Å²) in [7, 11) is 3.15. The van der Waals surface area contributed by atoms with Crippen molar-refractivity contribution in [3.63, 3.8) is 0 Å². The molecule has 1 amide bonds. The maximum Gasteiger partial charge on any atom is 0.307 e. The number of carbonyl (C=O) groups is 2. The standard InChI is InChI=1S/C14H21N3O4/c1-16-9-12(15-10-16)14(19)17(6-5-13(18)20-2)8-11-4-3-7-21-11/h9-11H,3-8H2,1-2H3. The minimum absolute atomic E-state index is 0.0373. The maximum absolute atomic E-state index is 12.5. The lowest BCUT2D eigenvalue weighted by Gasteiger charge is -2.24. The summed E-state index contributed by atoms with van der Waals surface area (Å²) in [6.45, 7) is 1.52. The number of ether oxygens (including phenoxy) is 2. The number of carbonyl (C=O) groups excluding carboxylic acids is 2. The molecule has 1 saturated heterocycles. The van der Waals surface area contributed by atoms with Crippen LogP contribution in [0.1, 0.15) is 29.8 Å². The molecule has 1 fully saturated rings. The average molecular weight is 295 g/mol. The lowest BCUT2D eigenvalue weighted by atomic mass is 10.2. The summed E-state index contributed by atoms with van der Waals surface area (Å²) in [5.74, 6) is -0.517. The molecule has 0 N–H and O–H groups in total. The molecule has 21 heavy (non-hydrogen) atoms. The first-order valence-corrected chi connectivity index (χ1v) is 7.06. The maximum atomic E-state index is 12.5. The number of hydrogen-bond donors (Lipinski definition) is 0. The van der Waals surface area contributed by atoms with Crippen molar-refractivity contribution in [2.24, 2.45) is 7.05 Å². The molecule has 7 nitrogen and oxygen atoms in total. The summed E-state index contributed by atoms with van der Waals surface area (Å²) in [6, 6.07) is 0. The smallest absolute Gasteiger partial charge is 0.307 e. The van der Waals surface area contributed by atoms with Gasteiger partial charge in [-0.05, 0) is 12.8 Å². The Kier molecular flexibility index (Phi) is 5.32. The molecule has 1 atom stereocenters. The molecule has 1 aromatic rings. The SMILES string of the molecule is COC(=O)CCN(CC1CCCO1)C(=O)c1cn(C)cn1. The van der Waals surface area contributed by atoms with Gasteiger partial charge in [0.15, 0.2) is 0 Å². The second-order valence-corrected chi connectivity index (χ2v) is 5.14. The lowest BCUT2D eigenvalue weighted by molar-refractivity contribution is -0.140. The van der Waals surface area contributed by atoms with Gasteiger partial charge < -0.3 is 18.9 Å². The molecule has 0 aliphatic carbocycles. The monoisotopic (exact) mass is 295 g/mol. The van der Waals surface area contributed by atoms with Crippen LogP contribution in [0.25, 0.3) is 0 Å². The van der Waals surface area contributed by atoms with Gasteiger partial charge in [-0.3, -0.25) is 9.59 Å². The first-order valence-electron chi connectivity index (χ1n) is 7.06. The summed E-state index contributed by atoms with van der Waals surface area (Å²) < 4.78 is 11.9. The number of esters is 1. The zero-order valence-corrected chi connectivity index (χ0v) is 12.4. The Hall–Kier alpha value is -1.89. The number of aryl methyl sites for hydroxylation is 1. The van der Waals surface area contributed by atoms with E-state index in [1.54, 1.807) is 22.0 Å². The van der Waals surface area contributed by atoms with Crippen molar-refractivity contribution in [3.05, 3.63) is 18.2 Å². The first-order chi connectivity index (χ1) is 10.1. The van der Waals surface area contributed by atoms with Crippen LogP contribution in [0.5, 0.6) is 0 Å². The van der Waals surface area contributed by atoms with E-state index in [4.69, 9.17) is 4.74 Å². The number of amides is 1. The molecular weight excluding hydrogens is 274 g/mol. The van der Waals surface area contributed by atoms with Gasteiger partial charge >= 0.3 is 5.97 Å². The van der Waals surface area contributed by atoms with Crippen molar-refractivity contribution >= 4 is 11.9 Å². The van der Waals surface area contributed by atoms with Gasteiger partial charge in [-0.1, -0.05) is 0 Å². The van der Waals surface area contributed by atoms with Crippen LogP contribution in [-0.2, 0) is 21.3 Å². The van der Waals surface area contributed by atoms with Crippen LogP contribution >= 0.6 is 0 Å². The highest BCUT2D eigenvalue weighted by Crippen LogP contribution is 2.15. The highest BCUT2D eigenvalue weighted by Gasteiger charge is 2.25. The van der Waals surface area contributed by atoms with E-state index in [-0.39, 0.29) is 24.4 Å². The van der Waals surface area contributed by atoms with Gasteiger partial charge in [0.25, 0.3) is 5.91 Å². The minimum atomic E-state index is -0.332. The predicted molar refractivity (Wildman–Crippen MR) is 74.7 cm³/mol. The Morgan fingerprint density at radius 2 is 2.38 bits per heavy atom. The molecule has 0 bridgehead atoms.